The lowest BCUT2D eigenvalue weighted by molar-refractivity contribution is -0.388. The van der Waals surface area contributed by atoms with E-state index < -0.39 is 28.1 Å². The van der Waals surface area contributed by atoms with Crippen LogP contribution in [0.4, 0.5) is 34.8 Å². The van der Waals surface area contributed by atoms with Crippen molar-refractivity contribution in [1.29, 1.82) is 0 Å². The number of nitro groups is 1. The highest BCUT2D eigenvalue weighted by Gasteiger charge is 2.41. The number of pyridine rings is 1. The van der Waals surface area contributed by atoms with Crippen molar-refractivity contribution >= 4 is 28.1 Å². The highest BCUT2D eigenvalue weighted by atomic mass is 19.4. The second-order valence-corrected chi connectivity index (χ2v) is 9.87. The first-order valence-corrected chi connectivity index (χ1v) is 12.4. The predicted molar refractivity (Wildman–Crippen MR) is 134 cm³/mol. The maximum atomic E-state index is 13.4. The van der Waals surface area contributed by atoms with E-state index in [4.69, 9.17) is 0 Å². The van der Waals surface area contributed by atoms with E-state index in [-0.39, 0.29) is 17.5 Å². The Morgan fingerprint density at radius 1 is 1.03 bits per heavy atom. The molecule has 2 heterocycles. The average molecular weight is 534 g/mol. The Hall–Kier alpha value is -3.51. The van der Waals surface area contributed by atoms with Crippen LogP contribution < -0.4 is 10.2 Å². The van der Waals surface area contributed by atoms with Gasteiger partial charge in [0.25, 0.3) is 5.69 Å². The molecular weight excluding hydrogens is 506 g/mol. The molecule has 2 aromatic carbocycles. The minimum Gasteiger partial charge on any atom is -0.382 e. The van der Waals surface area contributed by atoms with Crippen LogP contribution in [0, 0.1) is 15.9 Å². The Bertz CT molecular complexity index is 1340. The zero-order valence-electron chi connectivity index (χ0n) is 20.4. The fourth-order valence-electron chi connectivity index (χ4n) is 5.40. The van der Waals surface area contributed by atoms with E-state index in [1.165, 1.54) is 18.2 Å². The molecule has 12 heteroatoms. The molecule has 1 aliphatic carbocycles. The molecule has 2 aliphatic rings. The quantitative estimate of drug-likeness (QED) is 0.266. The van der Waals surface area contributed by atoms with Crippen molar-refractivity contribution in [2.45, 2.75) is 43.6 Å². The van der Waals surface area contributed by atoms with Crippen LogP contribution in [0.2, 0.25) is 0 Å². The minimum atomic E-state index is -4.84. The highest BCUT2D eigenvalue weighted by Crippen LogP contribution is 2.39. The number of nitrogens with zero attached hydrogens (tertiary/aromatic N) is 4. The molecule has 2 fully saturated rings. The van der Waals surface area contributed by atoms with E-state index in [9.17, 15) is 32.8 Å². The lowest BCUT2D eigenvalue weighted by Gasteiger charge is -2.48. The van der Waals surface area contributed by atoms with Gasteiger partial charge in [0.15, 0.2) is 0 Å². The van der Waals surface area contributed by atoms with Crippen LogP contribution in [0.1, 0.15) is 31.2 Å². The number of piperazine rings is 1. The number of alkyl halides is 3. The van der Waals surface area contributed by atoms with Crippen LogP contribution in [0.5, 0.6) is 0 Å². The van der Waals surface area contributed by atoms with Gasteiger partial charge in [-0.3, -0.25) is 15.0 Å². The summed E-state index contributed by atoms with van der Waals surface area (Å²) in [7, 11) is 0. The smallest absolute Gasteiger partial charge is 0.382 e. The molecule has 3 aromatic rings. The molecule has 1 saturated carbocycles. The second-order valence-electron chi connectivity index (χ2n) is 9.87. The lowest BCUT2D eigenvalue weighted by atomic mass is 9.86. The number of aromatic nitrogens is 1. The summed E-state index contributed by atoms with van der Waals surface area (Å²) in [5.41, 5.74) is -2.40. The SMILES string of the molecule is O=[N+]([O-])c1ccc(NC2CCC(O)(N3CCN(c4ccc5cc(F)ccc5n4)CC3)CC2)cc1C(F)(F)F. The molecule has 2 N–H and O–H groups in total. The van der Waals surface area contributed by atoms with E-state index in [0.717, 1.165) is 23.3 Å². The van der Waals surface area contributed by atoms with Crippen molar-refractivity contribution in [3.05, 3.63) is 70.0 Å². The van der Waals surface area contributed by atoms with Crippen LogP contribution in [0.3, 0.4) is 0 Å². The molecule has 1 saturated heterocycles. The maximum absolute atomic E-state index is 13.4. The fraction of sp³-hybridized carbons (Fsp3) is 0.423. The van der Waals surface area contributed by atoms with Gasteiger partial charge in [0.2, 0.25) is 0 Å². The van der Waals surface area contributed by atoms with Crippen molar-refractivity contribution in [3.8, 4) is 0 Å². The number of nitrogens with one attached hydrogen (secondary N) is 1. The Balaban J connectivity index is 1.17. The Labute approximate surface area is 216 Å². The van der Waals surface area contributed by atoms with Crippen molar-refractivity contribution in [1.82, 2.24) is 9.88 Å². The third kappa shape index (κ3) is 5.37. The first-order valence-electron chi connectivity index (χ1n) is 12.4. The van der Waals surface area contributed by atoms with Gasteiger partial charge in [-0.2, -0.15) is 13.2 Å². The van der Waals surface area contributed by atoms with Crippen LogP contribution in [0.15, 0.2) is 48.5 Å². The number of hydrogen-bond acceptors (Lipinski definition) is 7. The molecule has 0 atom stereocenters. The summed E-state index contributed by atoms with van der Waals surface area (Å²) in [5, 5.41) is 26.1. The number of rotatable bonds is 5. The monoisotopic (exact) mass is 533 g/mol. The van der Waals surface area contributed by atoms with Gasteiger partial charge in [-0.15, -0.1) is 0 Å². The van der Waals surface area contributed by atoms with Crippen molar-refractivity contribution in [2.75, 3.05) is 36.4 Å². The summed E-state index contributed by atoms with van der Waals surface area (Å²) in [6, 6.07) is 11.0. The van der Waals surface area contributed by atoms with Crippen molar-refractivity contribution < 1.29 is 27.6 Å². The minimum absolute atomic E-state index is 0.161. The van der Waals surface area contributed by atoms with E-state index >= 15 is 0 Å². The highest BCUT2D eigenvalue weighted by molar-refractivity contribution is 5.80. The van der Waals surface area contributed by atoms with Gasteiger partial charge in [-0.25, -0.2) is 9.37 Å². The van der Waals surface area contributed by atoms with Gasteiger partial charge in [0, 0.05) is 49.4 Å². The molecule has 202 valence electrons. The van der Waals surface area contributed by atoms with Crippen LogP contribution >= 0.6 is 0 Å². The molecule has 0 radical (unpaired) electrons. The van der Waals surface area contributed by atoms with Gasteiger partial charge in [-0.05, 0) is 68.1 Å². The molecular formula is C26H27F4N5O3. The Kier molecular flexibility index (Phi) is 6.86. The summed E-state index contributed by atoms with van der Waals surface area (Å²) in [6.07, 6.45) is -2.86. The van der Waals surface area contributed by atoms with Crippen LogP contribution in [-0.4, -0.2) is 57.9 Å². The zero-order chi connectivity index (χ0) is 27.1. The van der Waals surface area contributed by atoms with Gasteiger partial charge in [-0.1, -0.05) is 0 Å². The van der Waals surface area contributed by atoms with Crippen LogP contribution in [0.25, 0.3) is 10.9 Å². The molecule has 5 rings (SSSR count). The third-order valence-electron chi connectivity index (χ3n) is 7.48. The maximum Gasteiger partial charge on any atom is 0.423 e. The molecule has 0 unspecified atom stereocenters. The number of nitro benzene ring substituents is 1. The van der Waals surface area contributed by atoms with E-state index in [2.05, 4.69) is 15.2 Å². The molecule has 0 bridgehead atoms. The van der Waals surface area contributed by atoms with Gasteiger partial charge >= 0.3 is 6.18 Å². The molecule has 38 heavy (non-hydrogen) atoms. The predicted octanol–water partition coefficient (Wildman–Crippen LogP) is 5.17. The molecule has 8 nitrogen and oxygen atoms in total. The average Bonchev–Trinajstić information content (AvgIpc) is 2.89. The number of aliphatic hydroxyl groups is 1. The fourth-order valence-corrected chi connectivity index (χ4v) is 5.40. The lowest BCUT2D eigenvalue weighted by Crippen LogP contribution is -2.59. The Morgan fingerprint density at radius 3 is 2.39 bits per heavy atom. The summed E-state index contributed by atoms with van der Waals surface area (Å²) in [6.45, 7) is 2.56. The van der Waals surface area contributed by atoms with E-state index in [1.807, 2.05) is 17.0 Å². The van der Waals surface area contributed by atoms with Gasteiger partial charge in [0.1, 0.15) is 22.9 Å². The number of hydrogen-bond donors (Lipinski definition) is 2. The summed E-state index contributed by atoms with van der Waals surface area (Å²) < 4.78 is 53.4. The number of halogens is 4. The largest absolute Gasteiger partial charge is 0.423 e. The number of anilines is 2. The summed E-state index contributed by atoms with van der Waals surface area (Å²) in [4.78, 5) is 18.8. The zero-order valence-corrected chi connectivity index (χ0v) is 20.4. The van der Waals surface area contributed by atoms with Gasteiger partial charge < -0.3 is 15.3 Å². The van der Waals surface area contributed by atoms with Crippen molar-refractivity contribution in [2.24, 2.45) is 0 Å². The van der Waals surface area contributed by atoms with Crippen LogP contribution in [-0.2, 0) is 6.18 Å². The van der Waals surface area contributed by atoms with E-state index in [1.54, 1.807) is 6.07 Å². The number of fused-ring (bicyclic) bond motifs is 1. The molecule has 1 aromatic heterocycles. The molecule has 1 aliphatic heterocycles. The molecule has 0 spiro atoms. The third-order valence-corrected chi connectivity index (χ3v) is 7.48. The topological polar surface area (TPSA) is 94.8 Å². The Morgan fingerprint density at radius 2 is 1.74 bits per heavy atom. The first-order chi connectivity index (χ1) is 18.0. The molecule has 0 amide bonds. The first kappa shape index (κ1) is 26.1. The standard InChI is InChI=1S/C26H27F4N5O3/c27-18-2-4-22-17(15-18)1-6-24(32-22)33-11-13-34(14-12-33)25(36)9-7-19(8-10-25)31-20-3-5-23(35(37)38)21(16-20)26(28,29)30/h1-6,15-16,19,31,36H,7-14H2. The summed E-state index contributed by atoms with van der Waals surface area (Å²) in [5.74, 6) is 0.489. The van der Waals surface area contributed by atoms with E-state index in [0.29, 0.717) is 57.4 Å². The summed E-state index contributed by atoms with van der Waals surface area (Å²) >= 11 is 0. The number of benzene rings is 2. The van der Waals surface area contributed by atoms with Crippen molar-refractivity contribution in [3.63, 3.8) is 0 Å². The second kappa shape index (κ2) is 9.99. The normalized spacial score (nSPS) is 23.0. The van der Waals surface area contributed by atoms with Gasteiger partial charge in [0.05, 0.1) is 10.4 Å².